The first kappa shape index (κ1) is 10.5. The molecule has 0 radical (unpaired) electrons. The minimum absolute atomic E-state index is 0.997. The quantitative estimate of drug-likeness (QED) is 0.547. The van der Waals surface area contributed by atoms with Crippen molar-refractivity contribution in [1.82, 2.24) is 20.1 Å². The zero-order chi connectivity index (χ0) is 9.52. The molecule has 1 heterocycles. The molecule has 0 spiro atoms. The summed E-state index contributed by atoms with van der Waals surface area (Å²) in [7, 11) is 1.92. The van der Waals surface area contributed by atoms with E-state index in [1.165, 1.54) is 6.42 Å². The van der Waals surface area contributed by atoms with Gasteiger partial charge in [0.2, 0.25) is 0 Å². The zero-order valence-corrected chi connectivity index (χ0v) is 8.97. The number of rotatable bonds is 6. The summed E-state index contributed by atoms with van der Waals surface area (Å²) in [5.41, 5.74) is 0. The minimum atomic E-state index is 0.997. The Bertz CT molecular complexity index is 236. The standard InChI is InChI=1S/C8H16N4S/c1-3-9-5-4-6-13-8-10-7-11-12(8)2/h7,9H,3-6H2,1-2H3. The number of hydrogen-bond donors (Lipinski definition) is 1. The second-order valence-electron chi connectivity index (χ2n) is 2.72. The van der Waals surface area contributed by atoms with Gasteiger partial charge in [-0.1, -0.05) is 18.7 Å². The van der Waals surface area contributed by atoms with Crippen molar-refractivity contribution in [1.29, 1.82) is 0 Å². The van der Waals surface area contributed by atoms with Crippen LogP contribution >= 0.6 is 11.8 Å². The van der Waals surface area contributed by atoms with Gasteiger partial charge in [-0.2, -0.15) is 5.10 Å². The summed E-state index contributed by atoms with van der Waals surface area (Å²) in [4.78, 5) is 4.13. The summed E-state index contributed by atoms with van der Waals surface area (Å²) in [5.74, 6) is 1.10. The van der Waals surface area contributed by atoms with E-state index in [1.54, 1.807) is 22.8 Å². The van der Waals surface area contributed by atoms with Gasteiger partial charge < -0.3 is 5.32 Å². The fourth-order valence-corrected chi connectivity index (χ4v) is 1.78. The lowest BCUT2D eigenvalue weighted by molar-refractivity contribution is 0.681. The minimum Gasteiger partial charge on any atom is -0.317 e. The molecule has 1 aromatic rings. The van der Waals surface area contributed by atoms with Gasteiger partial charge in [0.05, 0.1) is 0 Å². The van der Waals surface area contributed by atoms with Crippen LogP contribution in [0.2, 0.25) is 0 Å². The lowest BCUT2D eigenvalue weighted by Crippen LogP contribution is -2.14. The maximum atomic E-state index is 4.13. The molecule has 0 aliphatic rings. The summed E-state index contributed by atoms with van der Waals surface area (Å²) < 4.78 is 1.80. The van der Waals surface area contributed by atoms with Crippen molar-refractivity contribution in [3.05, 3.63) is 6.33 Å². The van der Waals surface area contributed by atoms with Crippen LogP contribution in [0.25, 0.3) is 0 Å². The van der Waals surface area contributed by atoms with Crippen molar-refractivity contribution in [2.24, 2.45) is 7.05 Å². The van der Waals surface area contributed by atoms with Crippen LogP contribution in [0.5, 0.6) is 0 Å². The highest BCUT2D eigenvalue weighted by atomic mass is 32.2. The third-order valence-electron chi connectivity index (χ3n) is 1.65. The van der Waals surface area contributed by atoms with Crippen LogP contribution in [-0.4, -0.2) is 33.6 Å². The number of aryl methyl sites for hydroxylation is 1. The van der Waals surface area contributed by atoms with Gasteiger partial charge in [-0.15, -0.1) is 0 Å². The average Bonchev–Trinajstić information content (AvgIpc) is 2.52. The van der Waals surface area contributed by atoms with Crippen molar-refractivity contribution in [2.75, 3.05) is 18.8 Å². The van der Waals surface area contributed by atoms with Gasteiger partial charge in [-0.05, 0) is 19.5 Å². The van der Waals surface area contributed by atoms with Gasteiger partial charge in [0.25, 0.3) is 0 Å². The molecular weight excluding hydrogens is 184 g/mol. The van der Waals surface area contributed by atoms with E-state index in [1.807, 2.05) is 7.05 Å². The smallest absolute Gasteiger partial charge is 0.185 e. The number of nitrogens with one attached hydrogen (secondary N) is 1. The number of hydrogen-bond acceptors (Lipinski definition) is 4. The van der Waals surface area contributed by atoms with Gasteiger partial charge in [0.15, 0.2) is 5.16 Å². The Balaban J connectivity index is 2.10. The number of aromatic nitrogens is 3. The first-order chi connectivity index (χ1) is 6.34. The molecule has 0 bridgehead atoms. The van der Waals surface area contributed by atoms with Crippen LogP contribution in [0.4, 0.5) is 0 Å². The van der Waals surface area contributed by atoms with E-state index < -0.39 is 0 Å². The third-order valence-corrected chi connectivity index (χ3v) is 2.77. The highest BCUT2D eigenvalue weighted by Crippen LogP contribution is 2.13. The average molecular weight is 200 g/mol. The molecule has 0 saturated carbocycles. The maximum Gasteiger partial charge on any atom is 0.185 e. The molecule has 74 valence electrons. The predicted octanol–water partition coefficient (Wildman–Crippen LogP) is 0.907. The summed E-state index contributed by atoms with van der Waals surface area (Å²) in [6.07, 6.45) is 2.76. The number of thioether (sulfide) groups is 1. The largest absolute Gasteiger partial charge is 0.317 e. The molecule has 1 rings (SSSR count). The van der Waals surface area contributed by atoms with Crippen LogP contribution < -0.4 is 5.32 Å². The fraction of sp³-hybridized carbons (Fsp3) is 0.750. The Morgan fingerprint density at radius 1 is 1.62 bits per heavy atom. The van der Waals surface area contributed by atoms with Crippen molar-refractivity contribution in [3.8, 4) is 0 Å². The van der Waals surface area contributed by atoms with E-state index in [0.717, 1.165) is 24.0 Å². The van der Waals surface area contributed by atoms with Crippen molar-refractivity contribution in [2.45, 2.75) is 18.5 Å². The lowest BCUT2D eigenvalue weighted by Gasteiger charge is -2.01. The van der Waals surface area contributed by atoms with E-state index in [2.05, 4.69) is 22.3 Å². The van der Waals surface area contributed by atoms with Gasteiger partial charge in [-0.25, -0.2) is 9.67 Å². The monoisotopic (exact) mass is 200 g/mol. The topological polar surface area (TPSA) is 42.7 Å². The van der Waals surface area contributed by atoms with Crippen LogP contribution in [0.3, 0.4) is 0 Å². The highest BCUT2D eigenvalue weighted by Gasteiger charge is 1.99. The van der Waals surface area contributed by atoms with Crippen molar-refractivity contribution >= 4 is 11.8 Å². The van der Waals surface area contributed by atoms with Crippen LogP contribution in [0.15, 0.2) is 11.5 Å². The first-order valence-corrected chi connectivity index (χ1v) is 5.50. The molecule has 0 atom stereocenters. The van der Waals surface area contributed by atoms with Crippen molar-refractivity contribution in [3.63, 3.8) is 0 Å². The van der Waals surface area contributed by atoms with E-state index in [0.29, 0.717) is 0 Å². The van der Waals surface area contributed by atoms with Gasteiger partial charge in [-0.3, -0.25) is 0 Å². The molecule has 13 heavy (non-hydrogen) atoms. The van der Waals surface area contributed by atoms with E-state index >= 15 is 0 Å². The number of nitrogens with zero attached hydrogens (tertiary/aromatic N) is 3. The van der Waals surface area contributed by atoms with Crippen LogP contribution in [0, 0.1) is 0 Å². The Hall–Kier alpha value is -0.550. The summed E-state index contributed by atoms with van der Waals surface area (Å²) in [6.45, 7) is 4.26. The Morgan fingerprint density at radius 2 is 2.46 bits per heavy atom. The Morgan fingerprint density at radius 3 is 3.08 bits per heavy atom. The van der Waals surface area contributed by atoms with E-state index in [4.69, 9.17) is 0 Å². The SMILES string of the molecule is CCNCCCSc1ncnn1C. The highest BCUT2D eigenvalue weighted by molar-refractivity contribution is 7.99. The van der Waals surface area contributed by atoms with Crippen LogP contribution in [-0.2, 0) is 7.05 Å². The molecular formula is C8H16N4S. The molecule has 0 saturated heterocycles. The molecule has 0 amide bonds. The molecule has 0 aromatic carbocycles. The normalized spacial score (nSPS) is 10.6. The van der Waals surface area contributed by atoms with E-state index in [-0.39, 0.29) is 0 Å². The summed E-state index contributed by atoms with van der Waals surface area (Å²) >= 11 is 1.75. The fourth-order valence-electron chi connectivity index (χ4n) is 0.954. The molecule has 4 nitrogen and oxygen atoms in total. The Labute approximate surface area is 83.1 Å². The van der Waals surface area contributed by atoms with Gasteiger partial charge >= 0.3 is 0 Å². The summed E-state index contributed by atoms with van der Waals surface area (Å²) in [6, 6.07) is 0. The molecule has 1 N–H and O–H groups in total. The second kappa shape index (κ2) is 5.99. The van der Waals surface area contributed by atoms with E-state index in [9.17, 15) is 0 Å². The van der Waals surface area contributed by atoms with Gasteiger partial charge in [0.1, 0.15) is 6.33 Å². The second-order valence-corrected chi connectivity index (χ2v) is 3.78. The third kappa shape index (κ3) is 3.78. The molecule has 0 unspecified atom stereocenters. The van der Waals surface area contributed by atoms with Crippen LogP contribution in [0.1, 0.15) is 13.3 Å². The first-order valence-electron chi connectivity index (χ1n) is 4.52. The molecule has 0 aliphatic carbocycles. The molecule has 0 aliphatic heterocycles. The maximum absolute atomic E-state index is 4.13. The van der Waals surface area contributed by atoms with Crippen molar-refractivity contribution < 1.29 is 0 Å². The predicted molar refractivity (Wildman–Crippen MR) is 54.9 cm³/mol. The van der Waals surface area contributed by atoms with Gasteiger partial charge in [0, 0.05) is 12.8 Å². The Kier molecular flexibility index (Phi) is 4.85. The lowest BCUT2D eigenvalue weighted by atomic mass is 10.5. The zero-order valence-electron chi connectivity index (χ0n) is 8.16. The molecule has 5 heteroatoms. The summed E-state index contributed by atoms with van der Waals surface area (Å²) in [5, 5.41) is 8.28. The molecule has 0 fully saturated rings. The molecule has 1 aromatic heterocycles.